The van der Waals surface area contributed by atoms with Gasteiger partial charge in [-0.1, -0.05) is 17.7 Å². The minimum Gasteiger partial charge on any atom is -0.309 e. The predicted molar refractivity (Wildman–Crippen MR) is 65.8 cm³/mol. The number of carbonyl (C=O) groups is 1. The lowest BCUT2D eigenvalue weighted by atomic mass is 10.0. The van der Waals surface area contributed by atoms with Gasteiger partial charge in [-0.3, -0.25) is 4.79 Å². The first-order valence-corrected chi connectivity index (χ1v) is 5.98. The number of Topliss-reactive ketones (excluding diaryl/α,β-unsaturated/α-hetero) is 1. The highest BCUT2D eigenvalue weighted by atomic mass is 16.1. The van der Waals surface area contributed by atoms with E-state index in [1.54, 1.807) is 0 Å². The summed E-state index contributed by atoms with van der Waals surface area (Å²) in [6.07, 6.45) is 2.65. The maximum Gasteiger partial charge on any atom is 0.176 e. The van der Waals surface area contributed by atoms with Gasteiger partial charge in [0.15, 0.2) is 5.78 Å². The molecule has 0 aliphatic heterocycles. The molecule has 1 aromatic rings. The fourth-order valence-electron chi connectivity index (χ4n) is 1.84. The van der Waals surface area contributed by atoms with Crippen LogP contribution in [-0.2, 0) is 0 Å². The molecule has 86 valence electrons. The smallest absolute Gasteiger partial charge is 0.176 e. The Morgan fingerprint density at radius 3 is 2.81 bits per heavy atom. The zero-order valence-electron chi connectivity index (χ0n) is 10.0. The first kappa shape index (κ1) is 11.3. The van der Waals surface area contributed by atoms with Gasteiger partial charge < -0.3 is 5.32 Å². The number of aryl methyl sites for hydroxylation is 2. The van der Waals surface area contributed by atoms with E-state index in [0.717, 1.165) is 29.2 Å². The van der Waals surface area contributed by atoms with E-state index in [-0.39, 0.29) is 5.78 Å². The van der Waals surface area contributed by atoms with Crippen LogP contribution in [0.1, 0.15) is 34.3 Å². The van der Waals surface area contributed by atoms with Crippen LogP contribution in [0.5, 0.6) is 0 Å². The van der Waals surface area contributed by atoms with Crippen molar-refractivity contribution < 1.29 is 4.79 Å². The summed E-state index contributed by atoms with van der Waals surface area (Å²) in [7, 11) is 0. The van der Waals surface area contributed by atoms with Crippen molar-refractivity contribution in [2.75, 3.05) is 13.1 Å². The molecule has 0 atom stereocenters. The largest absolute Gasteiger partial charge is 0.309 e. The van der Waals surface area contributed by atoms with Crippen LogP contribution in [0.2, 0.25) is 0 Å². The summed E-state index contributed by atoms with van der Waals surface area (Å²) in [5.41, 5.74) is 3.09. The number of ketones is 1. The maximum atomic E-state index is 12.0. The molecular formula is C14H19NO. The minimum atomic E-state index is 0.210. The third kappa shape index (κ3) is 2.92. The third-order valence-corrected chi connectivity index (χ3v) is 3.11. The van der Waals surface area contributed by atoms with Crippen LogP contribution in [0.4, 0.5) is 0 Å². The van der Waals surface area contributed by atoms with Crippen LogP contribution in [-0.4, -0.2) is 18.9 Å². The van der Waals surface area contributed by atoms with Gasteiger partial charge in [0.05, 0.1) is 6.54 Å². The summed E-state index contributed by atoms with van der Waals surface area (Å²) in [6, 6.07) is 6.05. The predicted octanol–water partition coefficient (Wildman–Crippen LogP) is 2.49. The van der Waals surface area contributed by atoms with E-state index in [1.165, 1.54) is 12.8 Å². The van der Waals surface area contributed by atoms with Crippen molar-refractivity contribution in [2.24, 2.45) is 5.92 Å². The second kappa shape index (κ2) is 4.79. The highest BCUT2D eigenvalue weighted by Crippen LogP contribution is 2.27. The van der Waals surface area contributed by atoms with Crippen molar-refractivity contribution in [1.29, 1.82) is 0 Å². The molecule has 0 unspecified atom stereocenters. The van der Waals surface area contributed by atoms with E-state index >= 15 is 0 Å². The second-order valence-electron chi connectivity index (χ2n) is 4.82. The number of rotatable bonds is 5. The minimum absolute atomic E-state index is 0.210. The van der Waals surface area contributed by atoms with Crippen LogP contribution < -0.4 is 5.32 Å². The summed E-state index contributed by atoms with van der Waals surface area (Å²) in [4.78, 5) is 12.0. The monoisotopic (exact) mass is 217 g/mol. The van der Waals surface area contributed by atoms with Crippen molar-refractivity contribution >= 4 is 5.78 Å². The van der Waals surface area contributed by atoms with Gasteiger partial charge >= 0.3 is 0 Å². The van der Waals surface area contributed by atoms with E-state index in [2.05, 4.69) is 5.32 Å². The topological polar surface area (TPSA) is 29.1 Å². The molecule has 2 nitrogen and oxygen atoms in total. The summed E-state index contributed by atoms with van der Waals surface area (Å²) in [5.74, 6) is 1.04. The standard InChI is InChI=1S/C14H19NO/c1-10-3-4-11(2)13(7-10)14(16)9-15-8-12-5-6-12/h3-4,7,12,15H,5-6,8-9H2,1-2H3. The van der Waals surface area contributed by atoms with Crippen molar-refractivity contribution in [1.82, 2.24) is 5.32 Å². The number of benzene rings is 1. The Hall–Kier alpha value is -1.15. The molecule has 0 spiro atoms. The number of carbonyl (C=O) groups excluding carboxylic acids is 1. The molecule has 2 rings (SSSR count). The molecule has 1 aliphatic carbocycles. The molecule has 0 saturated heterocycles. The van der Waals surface area contributed by atoms with Crippen LogP contribution in [0.3, 0.4) is 0 Å². The van der Waals surface area contributed by atoms with Crippen LogP contribution in [0.15, 0.2) is 18.2 Å². The highest BCUT2D eigenvalue weighted by Gasteiger charge is 2.20. The third-order valence-electron chi connectivity index (χ3n) is 3.11. The Morgan fingerprint density at radius 1 is 1.38 bits per heavy atom. The molecule has 0 heterocycles. The molecule has 1 fully saturated rings. The van der Waals surface area contributed by atoms with E-state index < -0.39 is 0 Å². The van der Waals surface area contributed by atoms with Gasteiger partial charge in [-0.15, -0.1) is 0 Å². The first-order chi connectivity index (χ1) is 7.66. The highest BCUT2D eigenvalue weighted by molar-refractivity contribution is 5.99. The number of hydrogen-bond acceptors (Lipinski definition) is 2. The average molecular weight is 217 g/mol. The Morgan fingerprint density at radius 2 is 2.12 bits per heavy atom. The van der Waals surface area contributed by atoms with Crippen molar-refractivity contribution in [2.45, 2.75) is 26.7 Å². The lowest BCUT2D eigenvalue weighted by molar-refractivity contribution is 0.0990. The lowest BCUT2D eigenvalue weighted by Crippen LogP contribution is -2.25. The molecule has 1 N–H and O–H groups in total. The Labute approximate surface area is 97.1 Å². The fourth-order valence-corrected chi connectivity index (χ4v) is 1.84. The van der Waals surface area contributed by atoms with Crippen LogP contribution in [0, 0.1) is 19.8 Å². The summed E-state index contributed by atoms with van der Waals surface area (Å²) < 4.78 is 0. The Balaban J connectivity index is 1.93. The number of nitrogens with one attached hydrogen (secondary N) is 1. The molecule has 2 heteroatoms. The Kier molecular flexibility index (Phi) is 3.39. The van der Waals surface area contributed by atoms with E-state index in [0.29, 0.717) is 6.54 Å². The molecule has 1 aliphatic rings. The molecule has 0 aromatic heterocycles. The summed E-state index contributed by atoms with van der Waals surface area (Å²) in [6.45, 7) is 5.48. The Bertz CT molecular complexity index is 394. The molecule has 0 radical (unpaired) electrons. The zero-order chi connectivity index (χ0) is 11.5. The van der Waals surface area contributed by atoms with Gasteiger partial charge in [-0.25, -0.2) is 0 Å². The van der Waals surface area contributed by atoms with E-state index in [1.807, 2.05) is 32.0 Å². The molecule has 0 amide bonds. The van der Waals surface area contributed by atoms with E-state index in [9.17, 15) is 4.79 Å². The normalized spacial score (nSPS) is 15.1. The van der Waals surface area contributed by atoms with E-state index in [4.69, 9.17) is 0 Å². The van der Waals surface area contributed by atoms with Gasteiger partial charge in [0.25, 0.3) is 0 Å². The van der Waals surface area contributed by atoms with Crippen molar-refractivity contribution in [3.05, 3.63) is 34.9 Å². The quantitative estimate of drug-likeness (QED) is 0.768. The summed E-state index contributed by atoms with van der Waals surface area (Å²) >= 11 is 0. The number of hydrogen-bond donors (Lipinski definition) is 1. The van der Waals surface area contributed by atoms with Gasteiger partial charge in [0.1, 0.15) is 0 Å². The lowest BCUT2D eigenvalue weighted by Gasteiger charge is -2.07. The van der Waals surface area contributed by atoms with Crippen molar-refractivity contribution in [3.8, 4) is 0 Å². The summed E-state index contributed by atoms with van der Waals surface area (Å²) in [5, 5.41) is 3.24. The zero-order valence-corrected chi connectivity index (χ0v) is 10.0. The van der Waals surface area contributed by atoms with Crippen LogP contribution in [0.25, 0.3) is 0 Å². The SMILES string of the molecule is Cc1ccc(C)c(C(=O)CNCC2CC2)c1. The molecule has 1 saturated carbocycles. The van der Waals surface area contributed by atoms with Gasteiger partial charge in [-0.05, 0) is 50.8 Å². The molecule has 0 bridgehead atoms. The average Bonchev–Trinajstić information content (AvgIpc) is 3.05. The molecular weight excluding hydrogens is 198 g/mol. The van der Waals surface area contributed by atoms with Gasteiger partial charge in [-0.2, -0.15) is 0 Å². The molecule has 16 heavy (non-hydrogen) atoms. The van der Waals surface area contributed by atoms with Gasteiger partial charge in [0.2, 0.25) is 0 Å². The van der Waals surface area contributed by atoms with Crippen molar-refractivity contribution in [3.63, 3.8) is 0 Å². The van der Waals surface area contributed by atoms with Crippen LogP contribution >= 0.6 is 0 Å². The first-order valence-electron chi connectivity index (χ1n) is 5.98. The fraction of sp³-hybridized carbons (Fsp3) is 0.500. The second-order valence-corrected chi connectivity index (χ2v) is 4.82. The molecule has 1 aromatic carbocycles. The maximum absolute atomic E-state index is 12.0. The van der Waals surface area contributed by atoms with Gasteiger partial charge in [0, 0.05) is 5.56 Å².